The Labute approximate surface area is 200 Å². The molecule has 4 heterocycles. The van der Waals surface area contributed by atoms with Crippen LogP contribution in [0.3, 0.4) is 0 Å². The van der Waals surface area contributed by atoms with Crippen LogP contribution in [0.4, 0.5) is 18.9 Å². The number of benzene rings is 1. The first-order valence-corrected chi connectivity index (χ1v) is 11.4. The highest BCUT2D eigenvalue weighted by molar-refractivity contribution is 7.07. The van der Waals surface area contributed by atoms with E-state index in [-0.39, 0.29) is 23.3 Å². The third-order valence-corrected chi connectivity index (χ3v) is 6.61. The van der Waals surface area contributed by atoms with Crippen molar-refractivity contribution in [3.05, 3.63) is 64.0 Å². The highest BCUT2D eigenvalue weighted by Gasteiger charge is 2.42. The van der Waals surface area contributed by atoms with Crippen LogP contribution < -0.4 is 10.2 Å². The van der Waals surface area contributed by atoms with E-state index in [1.54, 1.807) is 6.07 Å². The van der Waals surface area contributed by atoms with Crippen LogP contribution in [0.25, 0.3) is 10.9 Å². The molecule has 0 fully saturated rings. The number of rotatable bonds is 5. The molecule has 0 saturated heterocycles. The van der Waals surface area contributed by atoms with Crippen LogP contribution in [0.1, 0.15) is 33.7 Å². The Hall–Kier alpha value is -3.71. The quantitative estimate of drug-likeness (QED) is 0.387. The summed E-state index contributed by atoms with van der Waals surface area (Å²) in [6, 6.07) is 5.38. The summed E-state index contributed by atoms with van der Waals surface area (Å²) in [4.78, 5) is 31.4. The number of likely N-dealkylation sites (N-methyl/N-ethyl adjacent to an activating group) is 1. The number of carbonyl (C=O) groups is 2. The van der Waals surface area contributed by atoms with Crippen LogP contribution in [-0.4, -0.2) is 55.9 Å². The molecule has 0 saturated carbocycles. The number of carbonyl (C=O) groups excluding carboxylic acids is 2. The second kappa shape index (κ2) is 8.50. The average molecular weight is 504 g/mol. The summed E-state index contributed by atoms with van der Waals surface area (Å²) in [5.41, 5.74) is 1.40. The Morgan fingerprint density at radius 1 is 1.37 bits per heavy atom. The van der Waals surface area contributed by atoms with Crippen molar-refractivity contribution in [2.45, 2.75) is 31.3 Å². The number of aliphatic hydroxyl groups excluding tert-OH is 1. The van der Waals surface area contributed by atoms with E-state index in [1.807, 2.05) is 16.8 Å². The van der Waals surface area contributed by atoms with Gasteiger partial charge in [-0.05, 0) is 28.5 Å². The maximum absolute atomic E-state index is 13.3. The van der Waals surface area contributed by atoms with E-state index in [1.165, 1.54) is 46.2 Å². The smallest absolute Gasteiger partial charge is 0.379 e. The lowest BCUT2D eigenvalue weighted by Gasteiger charge is -2.22. The first-order chi connectivity index (χ1) is 16.6. The van der Waals surface area contributed by atoms with Gasteiger partial charge in [-0.15, -0.1) is 5.10 Å². The van der Waals surface area contributed by atoms with Gasteiger partial charge < -0.3 is 19.9 Å². The zero-order valence-corrected chi connectivity index (χ0v) is 19.0. The molecule has 0 spiro atoms. The lowest BCUT2D eigenvalue weighted by molar-refractivity contribution is -0.206. The minimum atomic E-state index is -4.86. The van der Waals surface area contributed by atoms with Gasteiger partial charge in [-0.2, -0.15) is 24.5 Å². The Morgan fingerprint density at radius 2 is 2.17 bits per heavy atom. The van der Waals surface area contributed by atoms with Gasteiger partial charge in [0.2, 0.25) is 5.82 Å². The van der Waals surface area contributed by atoms with Crippen molar-refractivity contribution in [1.29, 1.82) is 0 Å². The molecule has 5 rings (SSSR count). The largest absolute Gasteiger partial charge is 0.418 e. The van der Waals surface area contributed by atoms with Crippen molar-refractivity contribution in [1.82, 2.24) is 25.1 Å². The SMILES string of the molecule is CN1C(=O)[C@@H](NC(=O)c2n[nH]c(Cc3ccsc3)n2)Cn2cc(C(O)C(F)(F)F)c3cccc1c32. The molecular weight excluding hydrogens is 485 g/mol. The maximum Gasteiger partial charge on any atom is 0.418 e. The number of H-pyrrole nitrogens is 1. The third-order valence-electron chi connectivity index (χ3n) is 5.87. The summed E-state index contributed by atoms with van der Waals surface area (Å²) in [5.74, 6) is -0.836. The molecule has 1 unspecified atom stereocenters. The fraction of sp³-hybridized carbons (Fsp3) is 0.273. The number of thiophene rings is 1. The molecular formula is C22H19F3N6O3S. The summed E-state index contributed by atoms with van der Waals surface area (Å²) in [6.07, 6.45) is -5.93. The molecule has 1 aliphatic heterocycles. The molecule has 35 heavy (non-hydrogen) atoms. The van der Waals surface area contributed by atoms with Crippen LogP contribution in [0.5, 0.6) is 0 Å². The minimum Gasteiger partial charge on any atom is -0.379 e. The van der Waals surface area contributed by atoms with Crippen LogP contribution in [-0.2, 0) is 17.8 Å². The molecule has 0 bridgehead atoms. The topological polar surface area (TPSA) is 116 Å². The number of aromatic nitrogens is 4. The second-order valence-electron chi connectivity index (χ2n) is 8.19. The number of alkyl halides is 3. The molecule has 3 aromatic heterocycles. The Bertz CT molecular complexity index is 1410. The molecule has 182 valence electrons. The summed E-state index contributed by atoms with van der Waals surface area (Å²) < 4.78 is 41.3. The van der Waals surface area contributed by atoms with Crippen LogP contribution in [0.15, 0.2) is 41.2 Å². The van der Waals surface area contributed by atoms with Gasteiger partial charge in [0, 0.05) is 30.6 Å². The lowest BCUT2D eigenvalue weighted by atomic mass is 10.1. The Balaban J connectivity index is 1.43. The molecule has 2 amide bonds. The normalized spacial score (nSPS) is 17.0. The summed E-state index contributed by atoms with van der Waals surface area (Å²) in [7, 11) is 1.48. The van der Waals surface area contributed by atoms with Crippen molar-refractivity contribution in [2.24, 2.45) is 0 Å². The number of anilines is 1. The number of nitrogens with zero attached hydrogens (tertiary/aromatic N) is 4. The number of nitrogens with one attached hydrogen (secondary N) is 2. The van der Waals surface area contributed by atoms with E-state index in [0.29, 0.717) is 23.4 Å². The molecule has 4 aromatic rings. The van der Waals surface area contributed by atoms with E-state index in [2.05, 4.69) is 20.5 Å². The second-order valence-corrected chi connectivity index (χ2v) is 8.97. The zero-order chi connectivity index (χ0) is 24.9. The highest BCUT2D eigenvalue weighted by atomic mass is 32.1. The Kier molecular flexibility index (Phi) is 5.60. The highest BCUT2D eigenvalue weighted by Crippen LogP contribution is 2.40. The average Bonchev–Trinajstić information content (AvgIpc) is 3.56. The van der Waals surface area contributed by atoms with Gasteiger partial charge in [-0.1, -0.05) is 12.1 Å². The number of halogens is 3. The third kappa shape index (κ3) is 4.17. The summed E-state index contributed by atoms with van der Waals surface area (Å²) >= 11 is 1.53. The van der Waals surface area contributed by atoms with Gasteiger partial charge >= 0.3 is 6.18 Å². The first kappa shape index (κ1) is 23.1. The number of para-hydroxylation sites is 1. The van der Waals surface area contributed by atoms with Crippen LogP contribution in [0, 0.1) is 0 Å². The lowest BCUT2D eigenvalue weighted by Crippen LogP contribution is -2.48. The molecule has 9 nitrogen and oxygen atoms in total. The van der Waals surface area contributed by atoms with E-state index in [0.717, 1.165) is 5.56 Å². The fourth-order valence-corrected chi connectivity index (χ4v) is 4.87. The van der Waals surface area contributed by atoms with Crippen LogP contribution >= 0.6 is 11.3 Å². The molecule has 0 aliphatic carbocycles. The van der Waals surface area contributed by atoms with E-state index in [4.69, 9.17) is 0 Å². The first-order valence-electron chi connectivity index (χ1n) is 10.5. The van der Waals surface area contributed by atoms with Crippen molar-refractivity contribution in [2.75, 3.05) is 11.9 Å². The number of hydrogen-bond acceptors (Lipinski definition) is 6. The van der Waals surface area contributed by atoms with Gasteiger partial charge in [0.15, 0.2) is 6.10 Å². The van der Waals surface area contributed by atoms with Crippen molar-refractivity contribution in [3.63, 3.8) is 0 Å². The van der Waals surface area contributed by atoms with Crippen molar-refractivity contribution in [3.8, 4) is 0 Å². The van der Waals surface area contributed by atoms with E-state index in [9.17, 15) is 27.9 Å². The molecule has 1 aliphatic rings. The van der Waals surface area contributed by atoms with Gasteiger partial charge in [0.1, 0.15) is 11.9 Å². The number of aromatic amines is 1. The predicted octanol–water partition coefficient (Wildman–Crippen LogP) is 2.78. The monoisotopic (exact) mass is 504 g/mol. The molecule has 13 heteroatoms. The maximum atomic E-state index is 13.3. The summed E-state index contributed by atoms with van der Waals surface area (Å²) in [6.45, 7) is -0.140. The zero-order valence-electron chi connectivity index (χ0n) is 18.2. The van der Waals surface area contributed by atoms with Gasteiger partial charge in [-0.25, -0.2) is 4.98 Å². The molecule has 1 aromatic carbocycles. The van der Waals surface area contributed by atoms with E-state index < -0.39 is 30.1 Å². The van der Waals surface area contributed by atoms with Crippen molar-refractivity contribution < 1.29 is 27.9 Å². The molecule has 2 atom stereocenters. The van der Waals surface area contributed by atoms with Crippen LogP contribution in [0.2, 0.25) is 0 Å². The predicted molar refractivity (Wildman–Crippen MR) is 121 cm³/mol. The van der Waals surface area contributed by atoms with Gasteiger partial charge in [0.05, 0.1) is 17.7 Å². The molecule has 0 radical (unpaired) electrons. The minimum absolute atomic E-state index is 0.140. The van der Waals surface area contributed by atoms with Gasteiger partial charge in [0.25, 0.3) is 11.8 Å². The van der Waals surface area contributed by atoms with E-state index >= 15 is 0 Å². The van der Waals surface area contributed by atoms with Gasteiger partial charge in [-0.3, -0.25) is 14.7 Å². The summed E-state index contributed by atoms with van der Waals surface area (Å²) in [5, 5.41) is 23.2. The Morgan fingerprint density at radius 3 is 2.89 bits per heavy atom. The standard InChI is InChI=1S/C22H19F3N6O3S/c1-30-15-4-2-3-12-13(18(32)22(23,24)25)8-31(17(12)15)9-14(21(30)34)26-20(33)19-27-16(28-29-19)7-11-5-6-35-10-11/h2-6,8,10,14,18,32H,7,9H2,1H3,(H,26,33)(H,27,28,29)/t14-,18?/m0/s1. The molecule has 3 N–H and O–H groups in total. The number of aliphatic hydroxyl groups is 1. The number of hydrogen-bond donors (Lipinski definition) is 3. The number of amides is 2. The fourth-order valence-electron chi connectivity index (χ4n) is 4.20. The van der Waals surface area contributed by atoms with Crippen molar-refractivity contribution >= 4 is 39.7 Å².